The minimum Gasteiger partial charge on any atom is -0.397 e. The van der Waals surface area contributed by atoms with E-state index in [1.54, 1.807) is 6.07 Å². The van der Waals surface area contributed by atoms with E-state index >= 15 is 0 Å². The van der Waals surface area contributed by atoms with Crippen LogP contribution in [0.1, 0.15) is 12.8 Å². The first-order chi connectivity index (χ1) is 7.66. The van der Waals surface area contributed by atoms with Gasteiger partial charge in [-0.15, -0.1) is 0 Å². The molecule has 1 aromatic rings. The minimum absolute atomic E-state index is 0.0324. The number of nitrogen functional groups attached to an aromatic ring is 1. The molecule has 0 spiro atoms. The Morgan fingerprint density at radius 1 is 1.50 bits per heavy atom. The maximum atomic E-state index is 12.8. The van der Waals surface area contributed by atoms with Gasteiger partial charge in [0.15, 0.2) is 0 Å². The Labute approximate surface area is 93.0 Å². The first-order valence-electron chi connectivity index (χ1n) is 5.26. The minimum atomic E-state index is -0.379. The predicted molar refractivity (Wildman–Crippen MR) is 60.5 cm³/mol. The van der Waals surface area contributed by atoms with Gasteiger partial charge in [-0.25, -0.2) is 4.39 Å². The van der Waals surface area contributed by atoms with Gasteiger partial charge in [0, 0.05) is 6.54 Å². The summed E-state index contributed by atoms with van der Waals surface area (Å²) in [5.74, 6) is -0.411. The van der Waals surface area contributed by atoms with Crippen molar-refractivity contribution in [3.05, 3.63) is 24.0 Å². The lowest BCUT2D eigenvalue weighted by Crippen LogP contribution is -2.44. The van der Waals surface area contributed by atoms with E-state index in [-0.39, 0.29) is 17.8 Å². The van der Waals surface area contributed by atoms with Crippen molar-refractivity contribution in [2.24, 2.45) is 0 Å². The molecule has 16 heavy (non-hydrogen) atoms. The largest absolute Gasteiger partial charge is 0.397 e. The summed E-state index contributed by atoms with van der Waals surface area (Å²) in [5.41, 5.74) is 6.57. The number of benzene rings is 1. The molecule has 1 fully saturated rings. The number of carbonyl (C=O) groups excluding carboxylic acids is 1. The molecule has 0 aliphatic carbocycles. The molecular weight excluding hydrogens is 209 g/mol. The van der Waals surface area contributed by atoms with Crippen LogP contribution in [0.5, 0.6) is 0 Å². The fourth-order valence-corrected chi connectivity index (χ4v) is 1.76. The summed E-state index contributed by atoms with van der Waals surface area (Å²) in [6.45, 7) is 0.718. The quantitative estimate of drug-likeness (QED) is 0.658. The molecule has 0 saturated carbocycles. The third-order valence-corrected chi connectivity index (χ3v) is 2.63. The second kappa shape index (κ2) is 4.38. The highest BCUT2D eigenvalue weighted by Crippen LogP contribution is 2.21. The standard InChI is InChI=1S/C11H14FN3O/c12-7-3-4-9(8(13)6-7)15-10-2-1-5-14-11(10)16/h3-4,6,10,15H,1-2,5,13H2,(H,14,16). The summed E-state index contributed by atoms with van der Waals surface area (Å²) in [4.78, 5) is 11.5. The first-order valence-corrected chi connectivity index (χ1v) is 5.26. The molecule has 1 aliphatic heterocycles. The van der Waals surface area contributed by atoms with Crippen LogP contribution in [0.2, 0.25) is 0 Å². The van der Waals surface area contributed by atoms with E-state index in [4.69, 9.17) is 5.73 Å². The zero-order valence-electron chi connectivity index (χ0n) is 8.79. The molecule has 1 heterocycles. The molecule has 1 aliphatic rings. The highest BCUT2D eigenvalue weighted by atomic mass is 19.1. The third-order valence-electron chi connectivity index (χ3n) is 2.63. The SMILES string of the molecule is Nc1cc(F)ccc1NC1CCCNC1=O. The van der Waals surface area contributed by atoms with Gasteiger partial charge in [-0.3, -0.25) is 4.79 Å². The molecule has 1 saturated heterocycles. The van der Waals surface area contributed by atoms with Gasteiger partial charge in [-0.1, -0.05) is 0 Å². The highest BCUT2D eigenvalue weighted by Gasteiger charge is 2.22. The second-order valence-corrected chi connectivity index (χ2v) is 3.86. The van der Waals surface area contributed by atoms with Crippen molar-refractivity contribution >= 4 is 17.3 Å². The zero-order valence-corrected chi connectivity index (χ0v) is 8.79. The Morgan fingerprint density at radius 3 is 3.00 bits per heavy atom. The van der Waals surface area contributed by atoms with Crippen LogP contribution in [0, 0.1) is 5.82 Å². The van der Waals surface area contributed by atoms with Crippen molar-refractivity contribution in [2.75, 3.05) is 17.6 Å². The van der Waals surface area contributed by atoms with E-state index in [0.717, 1.165) is 19.4 Å². The van der Waals surface area contributed by atoms with E-state index < -0.39 is 0 Å². The van der Waals surface area contributed by atoms with Crippen LogP contribution in [0.15, 0.2) is 18.2 Å². The van der Waals surface area contributed by atoms with E-state index in [1.165, 1.54) is 12.1 Å². The van der Waals surface area contributed by atoms with Crippen LogP contribution in [-0.4, -0.2) is 18.5 Å². The molecule has 1 unspecified atom stereocenters. The first kappa shape index (κ1) is 10.7. The number of anilines is 2. The average Bonchev–Trinajstić information content (AvgIpc) is 2.25. The van der Waals surface area contributed by atoms with Gasteiger partial charge in [0.2, 0.25) is 5.91 Å². The number of nitrogens with one attached hydrogen (secondary N) is 2. The van der Waals surface area contributed by atoms with E-state index in [9.17, 15) is 9.18 Å². The number of carbonyl (C=O) groups is 1. The van der Waals surface area contributed by atoms with Crippen LogP contribution < -0.4 is 16.4 Å². The summed E-state index contributed by atoms with van der Waals surface area (Å²) in [7, 11) is 0. The predicted octanol–water partition coefficient (Wildman–Crippen LogP) is 1.10. The maximum Gasteiger partial charge on any atom is 0.242 e. The van der Waals surface area contributed by atoms with Crippen molar-refractivity contribution in [1.82, 2.24) is 5.32 Å². The normalized spacial score (nSPS) is 20.3. The molecular formula is C11H14FN3O. The van der Waals surface area contributed by atoms with Gasteiger partial charge in [-0.05, 0) is 31.0 Å². The van der Waals surface area contributed by atoms with E-state index in [0.29, 0.717) is 11.4 Å². The molecule has 4 nitrogen and oxygen atoms in total. The van der Waals surface area contributed by atoms with Crippen LogP contribution >= 0.6 is 0 Å². The van der Waals surface area contributed by atoms with Crippen LogP contribution in [0.3, 0.4) is 0 Å². The molecule has 4 N–H and O–H groups in total. The Morgan fingerprint density at radius 2 is 2.31 bits per heavy atom. The van der Waals surface area contributed by atoms with Gasteiger partial charge >= 0.3 is 0 Å². The Kier molecular flexibility index (Phi) is 2.94. The number of hydrogen-bond donors (Lipinski definition) is 3. The molecule has 86 valence electrons. The molecule has 5 heteroatoms. The summed E-state index contributed by atoms with van der Waals surface area (Å²) in [5, 5.41) is 5.79. The van der Waals surface area contributed by atoms with Crippen LogP contribution in [0.25, 0.3) is 0 Å². The molecule has 0 bridgehead atoms. The number of rotatable bonds is 2. The number of hydrogen-bond acceptors (Lipinski definition) is 3. The fraction of sp³-hybridized carbons (Fsp3) is 0.364. The van der Waals surface area contributed by atoms with Crippen molar-refractivity contribution in [1.29, 1.82) is 0 Å². The lowest BCUT2D eigenvalue weighted by molar-refractivity contribution is -0.123. The van der Waals surface area contributed by atoms with Gasteiger partial charge in [-0.2, -0.15) is 0 Å². The second-order valence-electron chi connectivity index (χ2n) is 3.86. The van der Waals surface area contributed by atoms with Crippen LogP contribution in [0.4, 0.5) is 15.8 Å². The molecule has 1 atom stereocenters. The van der Waals surface area contributed by atoms with Crippen LogP contribution in [-0.2, 0) is 4.79 Å². The highest BCUT2D eigenvalue weighted by molar-refractivity contribution is 5.86. The summed E-state index contributed by atoms with van der Waals surface area (Å²) < 4.78 is 12.8. The Hall–Kier alpha value is -1.78. The molecule has 0 radical (unpaired) electrons. The molecule has 1 aromatic carbocycles. The zero-order chi connectivity index (χ0) is 11.5. The van der Waals surface area contributed by atoms with Gasteiger partial charge in [0.1, 0.15) is 11.9 Å². The maximum absolute atomic E-state index is 12.8. The molecule has 2 rings (SSSR count). The smallest absolute Gasteiger partial charge is 0.242 e. The fourth-order valence-electron chi connectivity index (χ4n) is 1.76. The number of amides is 1. The lowest BCUT2D eigenvalue weighted by atomic mass is 10.1. The summed E-state index contributed by atoms with van der Waals surface area (Å²) in [6, 6.07) is 3.83. The average molecular weight is 223 g/mol. The Bertz CT molecular complexity index is 408. The van der Waals surface area contributed by atoms with E-state index in [1.807, 2.05) is 0 Å². The molecule has 0 aromatic heterocycles. The summed E-state index contributed by atoms with van der Waals surface area (Å²) in [6.07, 6.45) is 1.70. The number of piperidine rings is 1. The van der Waals surface area contributed by atoms with Crippen molar-refractivity contribution in [2.45, 2.75) is 18.9 Å². The van der Waals surface area contributed by atoms with E-state index in [2.05, 4.69) is 10.6 Å². The summed E-state index contributed by atoms with van der Waals surface area (Å²) >= 11 is 0. The van der Waals surface area contributed by atoms with Gasteiger partial charge in [0.05, 0.1) is 11.4 Å². The van der Waals surface area contributed by atoms with Gasteiger partial charge in [0.25, 0.3) is 0 Å². The molecule has 1 amide bonds. The van der Waals surface area contributed by atoms with Crippen molar-refractivity contribution in [3.63, 3.8) is 0 Å². The number of halogens is 1. The number of nitrogens with two attached hydrogens (primary N) is 1. The van der Waals surface area contributed by atoms with Crippen molar-refractivity contribution in [3.8, 4) is 0 Å². The Balaban J connectivity index is 2.10. The van der Waals surface area contributed by atoms with Gasteiger partial charge < -0.3 is 16.4 Å². The van der Waals surface area contributed by atoms with Crippen molar-refractivity contribution < 1.29 is 9.18 Å². The topological polar surface area (TPSA) is 67.2 Å². The third kappa shape index (κ3) is 2.24. The monoisotopic (exact) mass is 223 g/mol. The lowest BCUT2D eigenvalue weighted by Gasteiger charge is -2.24.